The van der Waals surface area contributed by atoms with Crippen LogP contribution in [0.2, 0.25) is 0 Å². The van der Waals surface area contributed by atoms with Crippen LogP contribution in [0.5, 0.6) is 0 Å². The summed E-state index contributed by atoms with van der Waals surface area (Å²) in [5.74, 6) is 3.02. The molecule has 0 aliphatic carbocycles. The van der Waals surface area contributed by atoms with Gasteiger partial charge < -0.3 is 10.6 Å². The van der Waals surface area contributed by atoms with Gasteiger partial charge in [0.2, 0.25) is 0 Å². The zero-order valence-corrected chi connectivity index (χ0v) is 11.1. The molecule has 5 heteroatoms. The third-order valence-corrected chi connectivity index (χ3v) is 4.64. The highest BCUT2D eigenvalue weighted by atomic mass is 32.2. The maximum absolute atomic E-state index is 5.99. The molecule has 1 aliphatic rings. The van der Waals surface area contributed by atoms with E-state index in [0.717, 1.165) is 31.1 Å². The summed E-state index contributed by atoms with van der Waals surface area (Å²) in [6, 6.07) is 2.13. The predicted octanol–water partition coefficient (Wildman–Crippen LogP) is 1.92. The molecule has 2 N–H and O–H groups in total. The van der Waals surface area contributed by atoms with Crippen molar-refractivity contribution in [2.75, 3.05) is 24.6 Å². The quantitative estimate of drug-likeness (QED) is 0.648. The van der Waals surface area contributed by atoms with Crippen molar-refractivity contribution < 1.29 is 0 Å². The number of hydrogen-bond acceptors (Lipinski definition) is 3. The van der Waals surface area contributed by atoms with Crippen molar-refractivity contribution in [3.8, 4) is 0 Å². The summed E-state index contributed by atoms with van der Waals surface area (Å²) in [6.07, 6.45) is 0. The highest BCUT2D eigenvalue weighted by molar-refractivity contribution is 7.99. The van der Waals surface area contributed by atoms with E-state index < -0.39 is 0 Å². The Morgan fingerprint density at radius 3 is 2.88 bits per heavy atom. The van der Waals surface area contributed by atoms with Gasteiger partial charge in [0.1, 0.15) is 0 Å². The second-order valence-corrected chi connectivity index (χ2v) is 6.03. The summed E-state index contributed by atoms with van der Waals surface area (Å²) in [4.78, 5) is 7.97. The Bertz CT molecular complexity index is 367. The van der Waals surface area contributed by atoms with E-state index in [1.807, 2.05) is 11.8 Å². The molecule has 0 bridgehead atoms. The SMILES string of the molecule is Cc1ccsc1CN=C(N)N1CCSCC1. The third-order valence-electron chi connectivity index (χ3n) is 2.69. The molecular weight excluding hydrogens is 238 g/mol. The zero-order valence-electron chi connectivity index (χ0n) is 9.48. The molecule has 0 atom stereocenters. The first kappa shape index (κ1) is 11.8. The van der Waals surface area contributed by atoms with Gasteiger partial charge in [-0.05, 0) is 23.9 Å². The maximum atomic E-state index is 5.99. The summed E-state index contributed by atoms with van der Waals surface area (Å²) in [7, 11) is 0. The first-order valence-corrected chi connectivity index (χ1v) is 7.46. The van der Waals surface area contributed by atoms with Crippen LogP contribution in [0.1, 0.15) is 10.4 Å². The van der Waals surface area contributed by atoms with Gasteiger partial charge in [-0.1, -0.05) is 0 Å². The molecule has 88 valence electrons. The molecule has 0 spiro atoms. The molecule has 16 heavy (non-hydrogen) atoms. The number of nitrogens with zero attached hydrogens (tertiary/aromatic N) is 2. The van der Waals surface area contributed by atoms with E-state index in [1.54, 1.807) is 11.3 Å². The number of nitrogens with two attached hydrogens (primary N) is 1. The molecule has 0 amide bonds. The molecule has 2 heterocycles. The Balaban J connectivity index is 1.93. The van der Waals surface area contributed by atoms with Crippen LogP contribution in [0.25, 0.3) is 0 Å². The molecule has 1 aliphatic heterocycles. The number of rotatable bonds is 2. The van der Waals surface area contributed by atoms with Crippen LogP contribution in [0.15, 0.2) is 16.4 Å². The van der Waals surface area contributed by atoms with Crippen LogP contribution in [0, 0.1) is 6.92 Å². The molecule has 2 rings (SSSR count). The lowest BCUT2D eigenvalue weighted by molar-refractivity contribution is 0.456. The van der Waals surface area contributed by atoms with Crippen molar-refractivity contribution >= 4 is 29.1 Å². The molecule has 1 saturated heterocycles. The monoisotopic (exact) mass is 255 g/mol. The lowest BCUT2D eigenvalue weighted by Gasteiger charge is -2.27. The number of hydrogen-bond donors (Lipinski definition) is 1. The van der Waals surface area contributed by atoms with Crippen molar-refractivity contribution in [2.45, 2.75) is 13.5 Å². The molecule has 0 aromatic carbocycles. The Labute approximate surface area is 105 Å². The normalized spacial score (nSPS) is 17.8. The van der Waals surface area contributed by atoms with Gasteiger partial charge in [-0.2, -0.15) is 11.8 Å². The summed E-state index contributed by atoms with van der Waals surface area (Å²) >= 11 is 3.74. The van der Waals surface area contributed by atoms with Gasteiger partial charge in [-0.3, -0.25) is 0 Å². The van der Waals surface area contributed by atoms with Gasteiger partial charge in [-0.25, -0.2) is 4.99 Å². The Hall–Kier alpha value is -0.680. The molecule has 1 aromatic heterocycles. The number of aryl methyl sites for hydroxylation is 1. The number of thioether (sulfide) groups is 1. The summed E-state index contributed by atoms with van der Waals surface area (Å²) in [5, 5.41) is 2.11. The van der Waals surface area contributed by atoms with E-state index in [4.69, 9.17) is 5.73 Å². The van der Waals surface area contributed by atoms with E-state index in [1.165, 1.54) is 10.4 Å². The second kappa shape index (κ2) is 5.59. The third kappa shape index (κ3) is 2.92. The smallest absolute Gasteiger partial charge is 0.191 e. The lowest BCUT2D eigenvalue weighted by atomic mass is 10.3. The van der Waals surface area contributed by atoms with Crippen LogP contribution in [-0.2, 0) is 6.54 Å². The molecule has 0 unspecified atom stereocenters. The van der Waals surface area contributed by atoms with Crippen molar-refractivity contribution in [2.24, 2.45) is 10.7 Å². The van der Waals surface area contributed by atoms with Gasteiger partial charge in [0.15, 0.2) is 5.96 Å². The second-order valence-electron chi connectivity index (χ2n) is 3.80. The largest absolute Gasteiger partial charge is 0.370 e. The van der Waals surface area contributed by atoms with Crippen molar-refractivity contribution in [1.82, 2.24) is 4.90 Å². The number of thiophene rings is 1. The van der Waals surface area contributed by atoms with Crippen molar-refractivity contribution in [3.05, 3.63) is 21.9 Å². The first-order valence-electron chi connectivity index (χ1n) is 5.43. The van der Waals surface area contributed by atoms with E-state index in [9.17, 15) is 0 Å². The van der Waals surface area contributed by atoms with E-state index in [2.05, 4.69) is 28.3 Å². The molecular formula is C11H17N3S2. The molecule has 1 aromatic rings. The number of guanidine groups is 1. The zero-order chi connectivity index (χ0) is 11.4. The van der Waals surface area contributed by atoms with Crippen LogP contribution in [-0.4, -0.2) is 35.5 Å². The van der Waals surface area contributed by atoms with Crippen LogP contribution < -0.4 is 5.73 Å². The molecule has 0 radical (unpaired) electrons. The molecule has 0 saturated carbocycles. The average Bonchev–Trinajstić information content (AvgIpc) is 2.73. The molecule has 1 fully saturated rings. The van der Waals surface area contributed by atoms with Gasteiger partial charge >= 0.3 is 0 Å². The predicted molar refractivity (Wildman–Crippen MR) is 73.3 cm³/mol. The van der Waals surface area contributed by atoms with Crippen LogP contribution >= 0.6 is 23.1 Å². The summed E-state index contributed by atoms with van der Waals surface area (Å²) in [5.41, 5.74) is 7.30. The van der Waals surface area contributed by atoms with Gasteiger partial charge in [0, 0.05) is 29.5 Å². The fraction of sp³-hybridized carbons (Fsp3) is 0.545. The lowest BCUT2D eigenvalue weighted by Crippen LogP contribution is -2.42. The van der Waals surface area contributed by atoms with Crippen LogP contribution in [0.4, 0.5) is 0 Å². The Morgan fingerprint density at radius 1 is 1.50 bits per heavy atom. The minimum atomic E-state index is 0.702. The first-order chi connectivity index (χ1) is 7.77. The minimum absolute atomic E-state index is 0.702. The molecule has 3 nitrogen and oxygen atoms in total. The summed E-state index contributed by atoms with van der Waals surface area (Å²) < 4.78 is 0. The van der Waals surface area contributed by atoms with Crippen LogP contribution in [0.3, 0.4) is 0 Å². The van der Waals surface area contributed by atoms with E-state index >= 15 is 0 Å². The fourth-order valence-electron chi connectivity index (χ4n) is 1.61. The topological polar surface area (TPSA) is 41.6 Å². The van der Waals surface area contributed by atoms with Gasteiger partial charge in [0.05, 0.1) is 6.54 Å². The highest BCUT2D eigenvalue weighted by Crippen LogP contribution is 2.16. The minimum Gasteiger partial charge on any atom is -0.370 e. The number of aliphatic imine (C=N–C) groups is 1. The maximum Gasteiger partial charge on any atom is 0.191 e. The van der Waals surface area contributed by atoms with Crippen molar-refractivity contribution in [3.63, 3.8) is 0 Å². The summed E-state index contributed by atoms with van der Waals surface area (Å²) in [6.45, 7) is 4.90. The standard InChI is InChI=1S/C11H17N3S2/c1-9-2-5-16-10(9)8-13-11(12)14-3-6-15-7-4-14/h2,5H,3-4,6-8H2,1H3,(H2,12,13). The van der Waals surface area contributed by atoms with Gasteiger partial charge in [0.25, 0.3) is 0 Å². The van der Waals surface area contributed by atoms with Gasteiger partial charge in [-0.15, -0.1) is 11.3 Å². The average molecular weight is 255 g/mol. The fourth-order valence-corrected chi connectivity index (χ4v) is 3.34. The van der Waals surface area contributed by atoms with Crippen molar-refractivity contribution in [1.29, 1.82) is 0 Å². The van der Waals surface area contributed by atoms with E-state index in [-0.39, 0.29) is 0 Å². The van der Waals surface area contributed by atoms with E-state index in [0.29, 0.717) is 5.96 Å². The Morgan fingerprint density at radius 2 is 2.25 bits per heavy atom. The Kier molecular flexibility index (Phi) is 4.12. The highest BCUT2D eigenvalue weighted by Gasteiger charge is 2.12.